The van der Waals surface area contributed by atoms with Gasteiger partial charge in [0.2, 0.25) is 0 Å². The first kappa shape index (κ1) is 15.2. The summed E-state index contributed by atoms with van der Waals surface area (Å²) in [7, 11) is 0. The number of carbonyl (C=O) groups excluding carboxylic acids is 1. The Balaban J connectivity index is 1.78. The molecule has 2 aromatic heterocycles. The van der Waals surface area contributed by atoms with Gasteiger partial charge in [-0.3, -0.25) is 9.48 Å². The fraction of sp³-hybridized carbons (Fsp3) is 0.357. The van der Waals surface area contributed by atoms with Gasteiger partial charge in [-0.25, -0.2) is 4.98 Å². The highest BCUT2D eigenvalue weighted by atomic mass is 32.1. The number of anilines is 1. The predicted octanol–water partition coefficient (Wildman–Crippen LogP) is 2.00. The minimum atomic E-state index is -0.0912. The number of amides is 1. The van der Waals surface area contributed by atoms with Gasteiger partial charge < -0.3 is 10.6 Å². The van der Waals surface area contributed by atoms with Gasteiger partial charge in [0.1, 0.15) is 4.88 Å². The molecule has 0 aromatic carbocycles. The highest BCUT2D eigenvalue weighted by Gasteiger charge is 2.11. The molecule has 0 fully saturated rings. The molecule has 0 saturated heterocycles. The first-order chi connectivity index (χ1) is 10.2. The van der Waals surface area contributed by atoms with E-state index in [-0.39, 0.29) is 5.91 Å². The number of hydrogen-bond donors (Lipinski definition) is 2. The standard InChI is InChI=1S/C14H19N5OS/c1-3-5-15-14-17-9-12(21-14)13(20)16-8-11(2)10-19-7-4-6-18-19/h3-4,6-7,9,11H,1,5,8,10H2,2H3,(H,15,17)(H,16,20). The van der Waals surface area contributed by atoms with E-state index in [0.29, 0.717) is 23.9 Å². The third-order valence-corrected chi connectivity index (χ3v) is 3.75. The molecule has 2 aromatic rings. The van der Waals surface area contributed by atoms with Crippen LogP contribution in [0.1, 0.15) is 16.6 Å². The lowest BCUT2D eigenvalue weighted by Crippen LogP contribution is -2.29. The van der Waals surface area contributed by atoms with Crippen molar-refractivity contribution in [1.82, 2.24) is 20.1 Å². The van der Waals surface area contributed by atoms with Crippen LogP contribution in [0.5, 0.6) is 0 Å². The second-order valence-electron chi connectivity index (χ2n) is 4.74. The summed E-state index contributed by atoms with van der Waals surface area (Å²) in [6.45, 7) is 7.72. The summed E-state index contributed by atoms with van der Waals surface area (Å²) in [5.74, 6) is 0.214. The maximum absolute atomic E-state index is 12.0. The van der Waals surface area contributed by atoms with Gasteiger partial charge in [0.15, 0.2) is 5.13 Å². The quantitative estimate of drug-likeness (QED) is 0.732. The fourth-order valence-electron chi connectivity index (χ4n) is 1.77. The molecule has 7 heteroatoms. The SMILES string of the molecule is C=CCNc1ncc(C(=O)NCC(C)Cn2cccn2)s1. The second kappa shape index (κ2) is 7.58. The number of hydrogen-bond acceptors (Lipinski definition) is 5. The predicted molar refractivity (Wildman–Crippen MR) is 84.5 cm³/mol. The first-order valence-corrected chi connectivity index (χ1v) is 7.57. The largest absolute Gasteiger partial charge is 0.358 e. The molecule has 2 heterocycles. The van der Waals surface area contributed by atoms with Crippen molar-refractivity contribution in [3.05, 3.63) is 42.2 Å². The molecule has 0 aliphatic carbocycles. The molecule has 1 unspecified atom stereocenters. The van der Waals surface area contributed by atoms with Crippen molar-refractivity contribution < 1.29 is 4.79 Å². The van der Waals surface area contributed by atoms with E-state index in [1.54, 1.807) is 18.5 Å². The third-order valence-electron chi connectivity index (χ3n) is 2.80. The summed E-state index contributed by atoms with van der Waals surface area (Å²) in [5, 5.41) is 10.9. The van der Waals surface area contributed by atoms with Gasteiger partial charge >= 0.3 is 0 Å². The number of nitrogens with zero attached hydrogens (tertiary/aromatic N) is 3. The summed E-state index contributed by atoms with van der Waals surface area (Å²) < 4.78 is 1.86. The Hall–Kier alpha value is -2.15. The van der Waals surface area contributed by atoms with Gasteiger partial charge in [0.05, 0.1) is 6.20 Å². The summed E-state index contributed by atoms with van der Waals surface area (Å²) in [6.07, 6.45) is 7.00. The molecule has 0 radical (unpaired) electrons. The van der Waals surface area contributed by atoms with Crippen LogP contribution in [0.4, 0.5) is 5.13 Å². The molecular weight excluding hydrogens is 286 g/mol. The molecule has 112 valence electrons. The van der Waals surface area contributed by atoms with Crippen molar-refractivity contribution in [2.45, 2.75) is 13.5 Å². The van der Waals surface area contributed by atoms with Crippen LogP contribution < -0.4 is 10.6 Å². The molecule has 0 aliphatic rings. The van der Waals surface area contributed by atoms with E-state index in [1.165, 1.54) is 11.3 Å². The molecule has 21 heavy (non-hydrogen) atoms. The Morgan fingerprint density at radius 3 is 3.19 bits per heavy atom. The van der Waals surface area contributed by atoms with E-state index in [2.05, 4.69) is 34.2 Å². The average Bonchev–Trinajstić information content (AvgIpc) is 3.14. The van der Waals surface area contributed by atoms with Crippen LogP contribution in [0.15, 0.2) is 37.3 Å². The van der Waals surface area contributed by atoms with Gasteiger partial charge in [-0.15, -0.1) is 6.58 Å². The number of carbonyl (C=O) groups is 1. The van der Waals surface area contributed by atoms with Crippen molar-refractivity contribution in [1.29, 1.82) is 0 Å². The second-order valence-corrected chi connectivity index (χ2v) is 5.77. The number of thiazole rings is 1. The zero-order valence-corrected chi connectivity index (χ0v) is 12.8. The van der Waals surface area contributed by atoms with E-state index >= 15 is 0 Å². The van der Waals surface area contributed by atoms with E-state index in [1.807, 2.05) is 16.9 Å². The van der Waals surface area contributed by atoms with Gasteiger partial charge in [0.25, 0.3) is 5.91 Å². The molecule has 2 N–H and O–H groups in total. The molecule has 0 saturated carbocycles. The van der Waals surface area contributed by atoms with Gasteiger partial charge in [-0.2, -0.15) is 5.10 Å². The maximum Gasteiger partial charge on any atom is 0.263 e. The van der Waals surface area contributed by atoms with Crippen molar-refractivity contribution in [3.8, 4) is 0 Å². The highest BCUT2D eigenvalue weighted by molar-refractivity contribution is 7.17. The molecule has 0 aliphatic heterocycles. The maximum atomic E-state index is 12.0. The smallest absolute Gasteiger partial charge is 0.263 e. The zero-order valence-electron chi connectivity index (χ0n) is 12.0. The minimum Gasteiger partial charge on any atom is -0.358 e. The fourth-order valence-corrected chi connectivity index (χ4v) is 2.51. The van der Waals surface area contributed by atoms with E-state index in [9.17, 15) is 4.79 Å². The van der Waals surface area contributed by atoms with Crippen molar-refractivity contribution in [3.63, 3.8) is 0 Å². The Kier molecular flexibility index (Phi) is 5.51. The van der Waals surface area contributed by atoms with Gasteiger partial charge in [-0.1, -0.05) is 24.3 Å². The lowest BCUT2D eigenvalue weighted by Gasteiger charge is -2.12. The van der Waals surface area contributed by atoms with Crippen molar-refractivity contribution in [2.75, 3.05) is 18.4 Å². The van der Waals surface area contributed by atoms with Crippen LogP contribution in [0, 0.1) is 5.92 Å². The van der Waals surface area contributed by atoms with Crippen LogP contribution in [0.25, 0.3) is 0 Å². The Labute approximate surface area is 127 Å². The first-order valence-electron chi connectivity index (χ1n) is 6.75. The minimum absolute atomic E-state index is 0.0912. The van der Waals surface area contributed by atoms with E-state index in [0.717, 1.165) is 11.7 Å². The number of rotatable bonds is 8. The Morgan fingerprint density at radius 1 is 1.62 bits per heavy atom. The molecular formula is C14H19N5OS. The lowest BCUT2D eigenvalue weighted by atomic mass is 10.2. The average molecular weight is 305 g/mol. The summed E-state index contributed by atoms with van der Waals surface area (Å²) in [5.41, 5.74) is 0. The van der Waals surface area contributed by atoms with Crippen LogP contribution in [-0.4, -0.2) is 33.8 Å². The van der Waals surface area contributed by atoms with Crippen molar-refractivity contribution in [2.24, 2.45) is 5.92 Å². The molecule has 1 amide bonds. The highest BCUT2D eigenvalue weighted by Crippen LogP contribution is 2.17. The molecule has 0 spiro atoms. The monoisotopic (exact) mass is 305 g/mol. The Morgan fingerprint density at radius 2 is 2.48 bits per heavy atom. The van der Waals surface area contributed by atoms with Crippen molar-refractivity contribution >= 4 is 22.4 Å². The van der Waals surface area contributed by atoms with E-state index in [4.69, 9.17) is 0 Å². The normalized spacial score (nSPS) is 11.9. The zero-order chi connectivity index (χ0) is 15.1. The molecule has 0 bridgehead atoms. The van der Waals surface area contributed by atoms with Gasteiger partial charge in [-0.05, 0) is 12.0 Å². The van der Waals surface area contributed by atoms with Crippen LogP contribution in [-0.2, 0) is 6.54 Å². The summed E-state index contributed by atoms with van der Waals surface area (Å²) in [4.78, 5) is 16.8. The lowest BCUT2D eigenvalue weighted by molar-refractivity contribution is 0.0950. The van der Waals surface area contributed by atoms with Crippen LogP contribution >= 0.6 is 11.3 Å². The molecule has 6 nitrogen and oxygen atoms in total. The molecule has 2 rings (SSSR count). The molecule has 1 atom stereocenters. The van der Waals surface area contributed by atoms with Gasteiger partial charge in [0, 0.05) is 32.0 Å². The van der Waals surface area contributed by atoms with Crippen LogP contribution in [0.2, 0.25) is 0 Å². The summed E-state index contributed by atoms with van der Waals surface area (Å²) in [6, 6.07) is 1.89. The number of aromatic nitrogens is 3. The number of nitrogens with one attached hydrogen (secondary N) is 2. The summed E-state index contributed by atoms with van der Waals surface area (Å²) >= 11 is 1.34. The van der Waals surface area contributed by atoms with Crippen LogP contribution in [0.3, 0.4) is 0 Å². The van der Waals surface area contributed by atoms with E-state index < -0.39 is 0 Å². The Bertz CT molecular complexity index is 578. The third kappa shape index (κ3) is 4.71. The topological polar surface area (TPSA) is 71.8 Å².